The molecule has 0 bridgehead atoms. The third-order valence-corrected chi connectivity index (χ3v) is 4.90. The van der Waals surface area contributed by atoms with Crippen molar-refractivity contribution < 1.29 is 19.5 Å². The van der Waals surface area contributed by atoms with E-state index in [0.717, 1.165) is 17.7 Å². The molecular formula is C18H22N2O4. The van der Waals surface area contributed by atoms with Crippen molar-refractivity contribution in [2.45, 2.75) is 44.6 Å². The molecule has 2 atom stereocenters. The first-order valence-electron chi connectivity index (χ1n) is 8.45. The molecule has 1 saturated carbocycles. The fourth-order valence-corrected chi connectivity index (χ4v) is 3.59. The second kappa shape index (κ2) is 7.03. The summed E-state index contributed by atoms with van der Waals surface area (Å²) in [5, 5.41) is 11.9. The second-order valence-electron chi connectivity index (χ2n) is 6.54. The summed E-state index contributed by atoms with van der Waals surface area (Å²) in [7, 11) is 0. The van der Waals surface area contributed by atoms with E-state index in [2.05, 4.69) is 5.32 Å². The van der Waals surface area contributed by atoms with Gasteiger partial charge in [-0.25, -0.2) is 0 Å². The van der Waals surface area contributed by atoms with Crippen LogP contribution in [-0.2, 0) is 20.8 Å². The average Bonchev–Trinajstić information content (AvgIpc) is 3.02. The summed E-state index contributed by atoms with van der Waals surface area (Å²) in [5.74, 6) is -1.22. The van der Waals surface area contributed by atoms with Crippen molar-refractivity contribution in [2.24, 2.45) is 5.92 Å². The van der Waals surface area contributed by atoms with Gasteiger partial charge in [-0.1, -0.05) is 18.2 Å². The maximum Gasteiger partial charge on any atom is 0.306 e. The minimum atomic E-state index is -0.790. The highest BCUT2D eigenvalue weighted by molar-refractivity contribution is 5.97. The summed E-state index contributed by atoms with van der Waals surface area (Å²) in [6.45, 7) is 0.358. The predicted molar refractivity (Wildman–Crippen MR) is 88.6 cm³/mol. The lowest BCUT2D eigenvalue weighted by Gasteiger charge is -2.29. The number of nitrogens with one attached hydrogen (secondary N) is 1. The molecule has 2 N–H and O–H groups in total. The summed E-state index contributed by atoms with van der Waals surface area (Å²) in [6.07, 6.45) is 3.26. The molecule has 1 aromatic rings. The van der Waals surface area contributed by atoms with Crippen molar-refractivity contribution in [3.63, 3.8) is 0 Å². The Bertz CT molecular complexity index is 658. The van der Waals surface area contributed by atoms with Crippen LogP contribution in [0, 0.1) is 5.92 Å². The third kappa shape index (κ3) is 3.58. The summed E-state index contributed by atoms with van der Waals surface area (Å²) in [6, 6.07) is 7.72. The number of benzene rings is 1. The van der Waals surface area contributed by atoms with E-state index in [-0.39, 0.29) is 30.2 Å². The van der Waals surface area contributed by atoms with Crippen molar-refractivity contribution in [1.82, 2.24) is 5.32 Å². The van der Waals surface area contributed by atoms with E-state index in [1.54, 1.807) is 4.90 Å². The molecule has 0 spiro atoms. The molecular weight excluding hydrogens is 308 g/mol. The summed E-state index contributed by atoms with van der Waals surface area (Å²) < 4.78 is 0. The number of anilines is 1. The molecule has 1 aromatic carbocycles. The molecule has 6 heteroatoms. The summed E-state index contributed by atoms with van der Waals surface area (Å²) >= 11 is 0. The molecule has 2 amide bonds. The fraction of sp³-hybridized carbons (Fsp3) is 0.500. The van der Waals surface area contributed by atoms with Gasteiger partial charge in [-0.3, -0.25) is 14.4 Å². The second-order valence-corrected chi connectivity index (χ2v) is 6.54. The summed E-state index contributed by atoms with van der Waals surface area (Å²) in [4.78, 5) is 37.0. The molecule has 128 valence electrons. The first-order valence-corrected chi connectivity index (χ1v) is 8.45. The Morgan fingerprint density at radius 1 is 1.21 bits per heavy atom. The van der Waals surface area contributed by atoms with Crippen LogP contribution < -0.4 is 10.2 Å². The van der Waals surface area contributed by atoms with Crippen molar-refractivity contribution in [3.8, 4) is 0 Å². The van der Waals surface area contributed by atoms with E-state index in [9.17, 15) is 14.4 Å². The number of carbonyl (C=O) groups is 3. The number of carbonyl (C=O) groups excluding carboxylic acids is 2. The van der Waals surface area contributed by atoms with Crippen LogP contribution in [0.2, 0.25) is 0 Å². The van der Waals surface area contributed by atoms with Crippen molar-refractivity contribution in [3.05, 3.63) is 29.8 Å². The number of fused-ring (bicyclic) bond motifs is 1. The molecule has 0 aromatic heterocycles. The molecule has 1 aliphatic carbocycles. The lowest BCUT2D eigenvalue weighted by molar-refractivity contribution is -0.141. The molecule has 1 fully saturated rings. The first-order chi connectivity index (χ1) is 11.5. The minimum Gasteiger partial charge on any atom is -0.481 e. The van der Waals surface area contributed by atoms with Gasteiger partial charge < -0.3 is 15.3 Å². The molecule has 24 heavy (non-hydrogen) atoms. The molecule has 3 rings (SSSR count). The SMILES string of the molecule is O=C(CCN1C(=O)CCc2ccccc21)N[C@@H]1CC[C@H](C(=O)O)C1. The Morgan fingerprint density at radius 2 is 2.00 bits per heavy atom. The molecule has 6 nitrogen and oxygen atoms in total. The van der Waals surface area contributed by atoms with Crippen molar-refractivity contribution >= 4 is 23.5 Å². The molecule has 0 unspecified atom stereocenters. The topological polar surface area (TPSA) is 86.7 Å². The van der Waals surface area contributed by atoms with Crippen LogP contribution in [0.25, 0.3) is 0 Å². The van der Waals surface area contributed by atoms with E-state index in [0.29, 0.717) is 32.2 Å². The molecule has 1 heterocycles. The third-order valence-electron chi connectivity index (χ3n) is 4.90. The molecule has 1 aliphatic heterocycles. The van der Waals surface area contributed by atoms with Crippen LogP contribution in [0.5, 0.6) is 0 Å². The lowest BCUT2D eigenvalue weighted by atomic mass is 10.0. The number of aryl methyl sites for hydroxylation is 1. The van der Waals surface area contributed by atoms with Crippen molar-refractivity contribution in [1.29, 1.82) is 0 Å². The highest BCUT2D eigenvalue weighted by Crippen LogP contribution is 2.28. The number of para-hydroxylation sites is 1. The minimum absolute atomic E-state index is 0.0494. The average molecular weight is 330 g/mol. The van der Waals surface area contributed by atoms with Crippen LogP contribution >= 0.6 is 0 Å². The number of nitrogens with zero attached hydrogens (tertiary/aromatic N) is 1. The van der Waals surface area contributed by atoms with Crippen LogP contribution in [-0.4, -0.2) is 35.5 Å². The van der Waals surface area contributed by atoms with Gasteiger partial charge in [0.25, 0.3) is 0 Å². The number of carboxylic acid groups (broad SMARTS) is 1. The zero-order valence-electron chi connectivity index (χ0n) is 13.5. The van der Waals surface area contributed by atoms with Crippen LogP contribution in [0.15, 0.2) is 24.3 Å². The summed E-state index contributed by atoms with van der Waals surface area (Å²) in [5.41, 5.74) is 2.03. The van der Waals surface area contributed by atoms with Crippen LogP contribution in [0.3, 0.4) is 0 Å². The lowest BCUT2D eigenvalue weighted by Crippen LogP contribution is -2.40. The zero-order valence-corrected chi connectivity index (χ0v) is 13.5. The fourth-order valence-electron chi connectivity index (χ4n) is 3.59. The number of carboxylic acids is 1. The number of aliphatic carboxylic acids is 1. The smallest absolute Gasteiger partial charge is 0.306 e. The van der Waals surface area contributed by atoms with E-state index in [4.69, 9.17) is 5.11 Å². The standard InChI is InChI=1S/C18H22N2O4/c21-16(19-14-7-5-13(11-14)18(23)24)9-10-20-15-4-2-1-3-12(15)6-8-17(20)22/h1-4,13-14H,5-11H2,(H,19,21)(H,23,24)/t13-,14+/m0/s1. The number of amides is 2. The zero-order chi connectivity index (χ0) is 17.1. The maximum absolute atomic E-state index is 12.2. The Hall–Kier alpha value is -2.37. The number of hydrogen-bond acceptors (Lipinski definition) is 3. The van der Waals surface area contributed by atoms with Crippen LogP contribution in [0.1, 0.15) is 37.7 Å². The van der Waals surface area contributed by atoms with Gasteiger partial charge in [-0.05, 0) is 37.3 Å². The predicted octanol–water partition coefficient (Wildman–Crippen LogP) is 1.73. The highest BCUT2D eigenvalue weighted by atomic mass is 16.4. The van der Waals surface area contributed by atoms with Crippen LogP contribution in [0.4, 0.5) is 5.69 Å². The van der Waals surface area contributed by atoms with Crippen molar-refractivity contribution in [2.75, 3.05) is 11.4 Å². The van der Waals surface area contributed by atoms with Gasteiger partial charge in [-0.15, -0.1) is 0 Å². The monoisotopic (exact) mass is 330 g/mol. The Labute approximate surface area is 140 Å². The Kier molecular flexibility index (Phi) is 4.83. The number of rotatable bonds is 5. The van der Waals surface area contributed by atoms with Gasteiger partial charge in [0.15, 0.2) is 0 Å². The van der Waals surface area contributed by atoms with E-state index < -0.39 is 5.97 Å². The largest absolute Gasteiger partial charge is 0.481 e. The van der Waals surface area contributed by atoms with Gasteiger partial charge in [-0.2, -0.15) is 0 Å². The van der Waals surface area contributed by atoms with Gasteiger partial charge in [0, 0.05) is 31.1 Å². The van der Waals surface area contributed by atoms with E-state index in [1.807, 2.05) is 24.3 Å². The van der Waals surface area contributed by atoms with Gasteiger partial charge in [0.05, 0.1) is 5.92 Å². The first kappa shape index (κ1) is 16.5. The normalized spacial score (nSPS) is 23.0. The van der Waals surface area contributed by atoms with E-state index in [1.165, 1.54) is 0 Å². The highest BCUT2D eigenvalue weighted by Gasteiger charge is 2.31. The maximum atomic E-state index is 12.2. The molecule has 0 saturated heterocycles. The molecule has 0 radical (unpaired) electrons. The number of hydrogen-bond donors (Lipinski definition) is 2. The molecule has 2 aliphatic rings. The van der Waals surface area contributed by atoms with Gasteiger partial charge in [0.1, 0.15) is 0 Å². The van der Waals surface area contributed by atoms with Gasteiger partial charge >= 0.3 is 5.97 Å². The Balaban J connectivity index is 1.53. The van der Waals surface area contributed by atoms with Gasteiger partial charge in [0.2, 0.25) is 11.8 Å². The quantitative estimate of drug-likeness (QED) is 0.861. The Morgan fingerprint density at radius 3 is 2.75 bits per heavy atom. The van der Waals surface area contributed by atoms with E-state index >= 15 is 0 Å².